The molecule has 0 heterocycles. The lowest BCUT2D eigenvalue weighted by atomic mass is 10.2. The maximum Gasteiger partial charge on any atom is 0.0553 e. The zero-order chi connectivity index (χ0) is 8.69. The molecule has 1 heteroatoms. The molecule has 0 saturated carbocycles. The van der Waals surface area contributed by atoms with E-state index < -0.39 is 0 Å². The summed E-state index contributed by atoms with van der Waals surface area (Å²) in [4.78, 5) is 4.29. The summed E-state index contributed by atoms with van der Waals surface area (Å²) >= 11 is 0. The van der Waals surface area contributed by atoms with Crippen LogP contribution in [0.1, 0.15) is 33.6 Å². The van der Waals surface area contributed by atoms with E-state index >= 15 is 0 Å². The second kappa shape index (κ2) is 5.90. The van der Waals surface area contributed by atoms with Gasteiger partial charge in [0, 0.05) is 5.71 Å². The zero-order valence-corrected chi connectivity index (χ0v) is 7.72. The molecule has 1 nitrogen and oxygen atoms in total. The highest BCUT2D eigenvalue weighted by Gasteiger charge is 1.88. The Morgan fingerprint density at radius 1 is 1.55 bits per heavy atom. The Bertz CT molecular complexity index is 175. The Kier molecular flexibility index (Phi) is 5.44. The van der Waals surface area contributed by atoms with Crippen molar-refractivity contribution in [1.29, 1.82) is 0 Å². The Morgan fingerprint density at radius 2 is 2.18 bits per heavy atom. The van der Waals surface area contributed by atoms with E-state index in [0.29, 0.717) is 0 Å². The third-order valence-corrected chi connectivity index (χ3v) is 1.31. The second-order valence-corrected chi connectivity index (χ2v) is 2.59. The van der Waals surface area contributed by atoms with Gasteiger partial charge in [-0.1, -0.05) is 26.0 Å². The molecule has 0 spiro atoms. The first kappa shape index (κ1) is 10.2. The smallest absolute Gasteiger partial charge is 0.0553 e. The van der Waals surface area contributed by atoms with Gasteiger partial charge in [0.1, 0.15) is 0 Å². The molecule has 0 aromatic carbocycles. The summed E-state index contributed by atoms with van der Waals surface area (Å²) in [7, 11) is 0. The van der Waals surface area contributed by atoms with Gasteiger partial charge in [-0.25, -0.2) is 0 Å². The molecule has 0 aromatic heterocycles. The van der Waals surface area contributed by atoms with Crippen LogP contribution in [-0.4, -0.2) is 5.71 Å². The number of hydrogen-bond acceptors (Lipinski definition) is 1. The number of rotatable bonds is 4. The standard InChI is InChI=1S/C10H17N/c1-5-7-9(3)11-10(4)8-6-2/h5,7H,3,6,8H2,1-2,4H3/b7-5-,11-10+. The minimum absolute atomic E-state index is 0.846. The molecule has 0 bridgehead atoms. The first-order chi connectivity index (χ1) is 5.20. The Balaban J connectivity index is 3.96. The normalized spacial score (nSPS) is 12.5. The van der Waals surface area contributed by atoms with E-state index in [1.54, 1.807) is 0 Å². The van der Waals surface area contributed by atoms with Gasteiger partial charge in [-0.15, -0.1) is 0 Å². The average Bonchev–Trinajstić information content (AvgIpc) is 1.87. The quantitative estimate of drug-likeness (QED) is 0.431. The van der Waals surface area contributed by atoms with E-state index in [4.69, 9.17) is 0 Å². The van der Waals surface area contributed by atoms with Gasteiger partial charge in [0.25, 0.3) is 0 Å². The summed E-state index contributed by atoms with van der Waals surface area (Å²) in [5.41, 5.74) is 2.01. The number of aliphatic imine (C=N–C) groups is 1. The second-order valence-electron chi connectivity index (χ2n) is 2.59. The maximum atomic E-state index is 4.29. The van der Waals surface area contributed by atoms with Gasteiger partial charge in [0.2, 0.25) is 0 Å². The Labute approximate surface area is 69.5 Å². The lowest BCUT2D eigenvalue weighted by Crippen LogP contribution is -1.89. The molecule has 0 fully saturated rings. The highest BCUT2D eigenvalue weighted by Crippen LogP contribution is 1.99. The lowest BCUT2D eigenvalue weighted by molar-refractivity contribution is 0.985. The van der Waals surface area contributed by atoms with Gasteiger partial charge in [0.05, 0.1) is 5.70 Å². The largest absolute Gasteiger partial charge is 0.259 e. The predicted molar refractivity (Wildman–Crippen MR) is 52.0 cm³/mol. The first-order valence-electron chi connectivity index (χ1n) is 4.06. The molecule has 0 N–H and O–H groups in total. The zero-order valence-electron chi connectivity index (χ0n) is 7.72. The maximum absolute atomic E-state index is 4.29. The minimum Gasteiger partial charge on any atom is -0.259 e. The van der Waals surface area contributed by atoms with Crippen molar-refractivity contribution in [1.82, 2.24) is 0 Å². The molecular formula is C10H17N. The molecule has 0 atom stereocenters. The van der Waals surface area contributed by atoms with Crippen LogP contribution < -0.4 is 0 Å². The molecular weight excluding hydrogens is 134 g/mol. The SMILES string of the molecule is C=C(/C=C\C)/N=C(\C)CCC. The van der Waals surface area contributed by atoms with E-state index in [0.717, 1.165) is 24.3 Å². The van der Waals surface area contributed by atoms with Crippen molar-refractivity contribution in [2.24, 2.45) is 4.99 Å². The van der Waals surface area contributed by atoms with Crippen molar-refractivity contribution in [2.45, 2.75) is 33.6 Å². The molecule has 0 unspecified atom stereocenters. The fourth-order valence-electron chi connectivity index (χ4n) is 0.893. The van der Waals surface area contributed by atoms with Crippen LogP contribution in [0.4, 0.5) is 0 Å². The van der Waals surface area contributed by atoms with E-state index in [-0.39, 0.29) is 0 Å². The number of nitrogens with zero attached hydrogens (tertiary/aromatic N) is 1. The van der Waals surface area contributed by atoms with Gasteiger partial charge in [-0.05, 0) is 26.3 Å². The first-order valence-corrected chi connectivity index (χ1v) is 4.06. The summed E-state index contributed by atoms with van der Waals surface area (Å²) in [6.07, 6.45) is 6.08. The van der Waals surface area contributed by atoms with Crippen molar-refractivity contribution < 1.29 is 0 Å². The van der Waals surface area contributed by atoms with Gasteiger partial charge >= 0.3 is 0 Å². The fraction of sp³-hybridized carbons (Fsp3) is 0.500. The van der Waals surface area contributed by atoms with Crippen molar-refractivity contribution in [2.75, 3.05) is 0 Å². The van der Waals surface area contributed by atoms with Crippen LogP contribution in [0.3, 0.4) is 0 Å². The third kappa shape index (κ3) is 5.59. The lowest BCUT2D eigenvalue weighted by Gasteiger charge is -1.96. The van der Waals surface area contributed by atoms with E-state index in [9.17, 15) is 0 Å². The molecule has 0 rings (SSSR count). The Morgan fingerprint density at radius 3 is 2.64 bits per heavy atom. The van der Waals surface area contributed by atoms with Crippen molar-refractivity contribution in [3.8, 4) is 0 Å². The van der Waals surface area contributed by atoms with Crippen molar-refractivity contribution >= 4 is 5.71 Å². The Hall–Kier alpha value is -0.850. The molecule has 62 valence electrons. The summed E-state index contributed by atoms with van der Waals surface area (Å²) in [6, 6.07) is 0. The predicted octanol–water partition coefficient (Wildman–Crippen LogP) is 3.34. The van der Waals surface area contributed by atoms with Crippen LogP contribution in [0.2, 0.25) is 0 Å². The van der Waals surface area contributed by atoms with Crippen LogP contribution in [-0.2, 0) is 0 Å². The molecule has 0 aliphatic rings. The molecule has 0 aliphatic carbocycles. The van der Waals surface area contributed by atoms with E-state index in [2.05, 4.69) is 18.5 Å². The molecule has 0 saturated heterocycles. The number of hydrogen-bond donors (Lipinski definition) is 0. The van der Waals surface area contributed by atoms with E-state index in [1.165, 1.54) is 0 Å². The molecule has 0 radical (unpaired) electrons. The summed E-state index contributed by atoms with van der Waals surface area (Å²) < 4.78 is 0. The monoisotopic (exact) mass is 151 g/mol. The van der Waals surface area contributed by atoms with Crippen molar-refractivity contribution in [3.05, 3.63) is 24.4 Å². The minimum atomic E-state index is 0.846. The summed E-state index contributed by atoms with van der Waals surface area (Å²) in [6.45, 7) is 9.95. The molecule has 0 amide bonds. The topological polar surface area (TPSA) is 12.4 Å². The van der Waals surface area contributed by atoms with Crippen LogP contribution in [0, 0.1) is 0 Å². The van der Waals surface area contributed by atoms with Crippen LogP contribution in [0.15, 0.2) is 29.4 Å². The molecule has 0 aromatic rings. The van der Waals surface area contributed by atoms with Crippen molar-refractivity contribution in [3.63, 3.8) is 0 Å². The highest BCUT2D eigenvalue weighted by molar-refractivity contribution is 5.82. The highest BCUT2D eigenvalue weighted by atomic mass is 14.7. The third-order valence-electron chi connectivity index (χ3n) is 1.31. The van der Waals surface area contributed by atoms with Crippen LogP contribution >= 0.6 is 0 Å². The number of allylic oxidation sites excluding steroid dienone is 2. The summed E-state index contributed by atoms with van der Waals surface area (Å²) in [5.74, 6) is 0. The molecule has 11 heavy (non-hydrogen) atoms. The van der Waals surface area contributed by atoms with Gasteiger partial charge in [0.15, 0.2) is 0 Å². The van der Waals surface area contributed by atoms with Gasteiger partial charge < -0.3 is 0 Å². The van der Waals surface area contributed by atoms with Crippen LogP contribution in [0.5, 0.6) is 0 Å². The average molecular weight is 151 g/mol. The molecule has 0 aliphatic heterocycles. The fourth-order valence-corrected chi connectivity index (χ4v) is 0.893. The van der Waals surface area contributed by atoms with Gasteiger partial charge in [-0.3, -0.25) is 4.99 Å². The van der Waals surface area contributed by atoms with Gasteiger partial charge in [-0.2, -0.15) is 0 Å². The summed E-state index contributed by atoms with van der Waals surface area (Å²) in [5, 5.41) is 0. The van der Waals surface area contributed by atoms with Crippen LogP contribution in [0.25, 0.3) is 0 Å². The van der Waals surface area contributed by atoms with E-state index in [1.807, 2.05) is 26.0 Å².